The molecule has 0 bridgehead atoms. The third-order valence-electron chi connectivity index (χ3n) is 4.56. The van der Waals surface area contributed by atoms with Gasteiger partial charge in [0.25, 0.3) is 0 Å². The van der Waals surface area contributed by atoms with Crippen LogP contribution < -0.4 is 5.32 Å². The van der Waals surface area contributed by atoms with E-state index >= 15 is 0 Å². The van der Waals surface area contributed by atoms with Gasteiger partial charge in [-0.05, 0) is 38.3 Å². The van der Waals surface area contributed by atoms with Gasteiger partial charge in [-0.3, -0.25) is 4.79 Å². The number of piperidine rings is 1. The Hall–Kier alpha value is -1.53. The van der Waals surface area contributed by atoms with E-state index in [9.17, 15) is 4.79 Å². The molecule has 1 aromatic carbocycles. The van der Waals surface area contributed by atoms with E-state index in [2.05, 4.69) is 21.1 Å². The molecule has 0 spiro atoms. The molecule has 3 rings (SSSR count). The number of fused-ring (bicyclic) bond motifs is 1. The fraction of sp³-hybridized carbons (Fsp3) is 0.529. The molecule has 1 aromatic heterocycles. The predicted octanol–water partition coefficient (Wildman–Crippen LogP) is 2.11. The highest BCUT2D eigenvalue weighted by molar-refractivity contribution is 7.97. The number of nitrogens with zero attached hydrogens (tertiary/aromatic N) is 3. The molecular formula is C17H24N4OS. The van der Waals surface area contributed by atoms with Crippen LogP contribution in [0.3, 0.4) is 0 Å². The van der Waals surface area contributed by atoms with Gasteiger partial charge in [-0.2, -0.15) is 11.8 Å². The highest BCUT2D eigenvalue weighted by atomic mass is 32.2. The summed E-state index contributed by atoms with van der Waals surface area (Å²) in [7, 11) is 1.99. The highest BCUT2D eigenvalue weighted by Crippen LogP contribution is 2.20. The smallest absolute Gasteiger partial charge is 0.242 e. The van der Waals surface area contributed by atoms with E-state index in [1.807, 2.05) is 36.2 Å². The first-order chi connectivity index (χ1) is 11.2. The summed E-state index contributed by atoms with van der Waals surface area (Å²) in [6, 6.07) is 8.60. The molecule has 0 unspecified atom stereocenters. The van der Waals surface area contributed by atoms with Crippen LogP contribution in [-0.4, -0.2) is 52.8 Å². The molecule has 2 aromatic rings. The van der Waals surface area contributed by atoms with E-state index in [0.717, 1.165) is 48.5 Å². The molecule has 124 valence electrons. The molecule has 2 heterocycles. The molecule has 1 fully saturated rings. The number of likely N-dealkylation sites (tertiary alicyclic amines) is 1. The first-order valence-corrected chi connectivity index (χ1v) is 9.50. The van der Waals surface area contributed by atoms with E-state index in [4.69, 9.17) is 0 Å². The Morgan fingerprint density at radius 1 is 1.35 bits per heavy atom. The molecular weight excluding hydrogens is 308 g/mol. The number of amides is 1. The highest BCUT2D eigenvalue weighted by Gasteiger charge is 2.23. The van der Waals surface area contributed by atoms with Crippen LogP contribution in [0.25, 0.3) is 11.0 Å². The standard InChI is InChI=1S/C17H24N4OS/c1-18-13-7-9-20(10-8-13)17(22)11-21-15-6-4-3-5-14(15)19-16(21)12-23-2/h3-6,13,18H,7-12H2,1-2H3. The zero-order valence-electron chi connectivity index (χ0n) is 13.8. The molecule has 23 heavy (non-hydrogen) atoms. The number of aromatic nitrogens is 2. The number of imidazole rings is 1. The van der Waals surface area contributed by atoms with Gasteiger partial charge in [0.05, 0.1) is 16.8 Å². The molecule has 1 aliphatic heterocycles. The van der Waals surface area contributed by atoms with E-state index in [1.54, 1.807) is 11.8 Å². The number of carbonyl (C=O) groups is 1. The molecule has 6 heteroatoms. The lowest BCUT2D eigenvalue weighted by Crippen LogP contribution is -2.45. The number of rotatable bonds is 5. The van der Waals surface area contributed by atoms with Crippen molar-refractivity contribution in [3.05, 3.63) is 30.1 Å². The average molecular weight is 332 g/mol. The van der Waals surface area contributed by atoms with Crippen LogP contribution in [0, 0.1) is 0 Å². The van der Waals surface area contributed by atoms with E-state index in [0.29, 0.717) is 12.6 Å². The first kappa shape index (κ1) is 16.3. The third kappa shape index (κ3) is 3.53. The summed E-state index contributed by atoms with van der Waals surface area (Å²) >= 11 is 1.73. The topological polar surface area (TPSA) is 50.2 Å². The summed E-state index contributed by atoms with van der Waals surface area (Å²) in [5.74, 6) is 2.01. The van der Waals surface area contributed by atoms with E-state index in [1.165, 1.54) is 0 Å². The van der Waals surface area contributed by atoms with Gasteiger partial charge >= 0.3 is 0 Å². The molecule has 1 saturated heterocycles. The monoisotopic (exact) mass is 332 g/mol. The van der Waals surface area contributed by atoms with Crippen molar-refractivity contribution in [3.8, 4) is 0 Å². The molecule has 5 nitrogen and oxygen atoms in total. The summed E-state index contributed by atoms with van der Waals surface area (Å²) in [6.45, 7) is 2.07. The van der Waals surface area contributed by atoms with Crippen LogP contribution in [0.15, 0.2) is 24.3 Å². The fourth-order valence-electron chi connectivity index (χ4n) is 3.19. The molecule has 0 atom stereocenters. The predicted molar refractivity (Wildman–Crippen MR) is 95.6 cm³/mol. The zero-order chi connectivity index (χ0) is 16.2. The molecule has 0 radical (unpaired) electrons. The summed E-state index contributed by atoms with van der Waals surface area (Å²) in [6.07, 6.45) is 4.13. The van der Waals surface area contributed by atoms with Crippen LogP contribution >= 0.6 is 11.8 Å². The second kappa shape index (κ2) is 7.36. The lowest BCUT2D eigenvalue weighted by Gasteiger charge is -2.32. The molecule has 1 N–H and O–H groups in total. The van der Waals surface area contributed by atoms with Gasteiger partial charge in [-0.1, -0.05) is 12.1 Å². The minimum atomic E-state index is 0.199. The largest absolute Gasteiger partial charge is 0.341 e. The van der Waals surface area contributed by atoms with Crippen molar-refractivity contribution in [3.63, 3.8) is 0 Å². The van der Waals surface area contributed by atoms with Crippen molar-refractivity contribution in [1.82, 2.24) is 19.8 Å². The molecule has 0 aliphatic carbocycles. The van der Waals surface area contributed by atoms with Crippen molar-refractivity contribution in [1.29, 1.82) is 0 Å². The van der Waals surface area contributed by atoms with E-state index < -0.39 is 0 Å². The van der Waals surface area contributed by atoms with Gasteiger partial charge in [0.15, 0.2) is 0 Å². The van der Waals surface area contributed by atoms with Gasteiger partial charge in [0.2, 0.25) is 5.91 Å². The van der Waals surface area contributed by atoms with Crippen LogP contribution in [0.1, 0.15) is 18.7 Å². The van der Waals surface area contributed by atoms with Gasteiger partial charge in [-0.25, -0.2) is 4.98 Å². The lowest BCUT2D eigenvalue weighted by atomic mass is 10.1. The second-order valence-electron chi connectivity index (χ2n) is 5.98. The Bertz CT molecular complexity index is 676. The van der Waals surface area contributed by atoms with Crippen LogP contribution in [0.4, 0.5) is 0 Å². The maximum atomic E-state index is 12.7. The number of hydrogen-bond acceptors (Lipinski definition) is 4. The molecule has 1 aliphatic rings. The van der Waals surface area contributed by atoms with Crippen molar-refractivity contribution in [2.24, 2.45) is 0 Å². The van der Waals surface area contributed by atoms with Crippen LogP contribution in [0.2, 0.25) is 0 Å². The maximum absolute atomic E-state index is 12.7. The number of thioether (sulfide) groups is 1. The molecule has 1 amide bonds. The fourth-order valence-corrected chi connectivity index (χ4v) is 3.67. The second-order valence-corrected chi connectivity index (χ2v) is 6.85. The number of para-hydroxylation sites is 2. The quantitative estimate of drug-likeness (QED) is 0.911. The summed E-state index contributed by atoms with van der Waals surface area (Å²) < 4.78 is 2.08. The minimum Gasteiger partial charge on any atom is -0.341 e. The van der Waals surface area contributed by atoms with Crippen LogP contribution in [-0.2, 0) is 17.1 Å². The number of hydrogen-bond donors (Lipinski definition) is 1. The van der Waals surface area contributed by atoms with Crippen molar-refractivity contribution >= 4 is 28.7 Å². The Morgan fingerprint density at radius 3 is 2.78 bits per heavy atom. The van der Waals surface area contributed by atoms with Gasteiger partial charge in [0, 0.05) is 19.1 Å². The van der Waals surface area contributed by atoms with Gasteiger partial charge in [0.1, 0.15) is 12.4 Å². The summed E-state index contributed by atoms with van der Waals surface area (Å²) in [5.41, 5.74) is 2.02. The summed E-state index contributed by atoms with van der Waals surface area (Å²) in [4.78, 5) is 19.4. The van der Waals surface area contributed by atoms with Crippen LogP contribution in [0.5, 0.6) is 0 Å². The van der Waals surface area contributed by atoms with E-state index in [-0.39, 0.29) is 5.91 Å². The van der Waals surface area contributed by atoms with Crippen molar-refractivity contribution in [2.45, 2.75) is 31.2 Å². The Balaban J connectivity index is 1.78. The first-order valence-electron chi connectivity index (χ1n) is 8.11. The zero-order valence-corrected chi connectivity index (χ0v) is 14.6. The maximum Gasteiger partial charge on any atom is 0.242 e. The minimum absolute atomic E-state index is 0.199. The van der Waals surface area contributed by atoms with Crippen molar-refractivity contribution in [2.75, 3.05) is 26.4 Å². The van der Waals surface area contributed by atoms with Crippen molar-refractivity contribution < 1.29 is 4.79 Å². The Kier molecular flexibility index (Phi) is 5.23. The average Bonchev–Trinajstić information content (AvgIpc) is 2.93. The Morgan fingerprint density at radius 2 is 2.09 bits per heavy atom. The number of carbonyl (C=O) groups excluding carboxylic acids is 1. The molecule has 0 saturated carbocycles. The van der Waals surface area contributed by atoms with Gasteiger partial charge < -0.3 is 14.8 Å². The Labute approximate surface area is 141 Å². The number of nitrogens with one attached hydrogen (secondary N) is 1. The SMILES string of the molecule is CNC1CCN(C(=O)Cn2c(CSC)nc3ccccc32)CC1. The number of benzene rings is 1. The van der Waals surface area contributed by atoms with Gasteiger partial charge in [-0.15, -0.1) is 0 Å². The normalized spacial score (nSPS) is 16.2. The third-order valence-corrected chi connectivity index (χ3v) is 5.10. The summed E-state index contributed by atoms with van der Waals surface area (Å²) in [5, 5.41) is 3.30. The lowest BCUT2D eigenvalue weighted by molar-refractivity contribution is -0.132.